The first-order valence-corrected chi connectivity index (χ1v) is 12.5. The predicted molar refractivity (Wildman–Crippen MR) is 136 cm³/mol. The Labute approximate surface area is 205 Å². The lowest BCUT2D eigenvalue weighted by molar-refractivity contribution is 0.252. The van der Waals surface area contributed by atoms with E-state index in [1.165, 1.54) is 30.0 Å². The summed E-state index contributed by atoms with van der Waals surface area (Å²) >= 11 is 0. The van der Waals surface area contributed by atoms with Crippen LogP contribution in [0.4, 0.5) is 25.0 Å². The number of unbranched alkanes of at least 4 members (excludes halogenated alkanes) is 1. The number of benzene rings is 3. The van der Waals surface area contributed by atoms with Gasteiger partial charge in [-0.15, -0.1) is 0 Å². The summed E-state index contributed by atoms with van der Waals surface area (Å²) < 4.78 is 27.3. The zero-order chi connectivity index (χ0) is 24.4. The van der Waals surface area contributed by atoms with Gasteiger partial charge in [0.15, 0.2) is 0 Å². The van der Waals surface area contributed by atoms with Gasteiger partial charge in [0.05, 0.1) is 0 Å². The molecule has 2 aliphatic rings. The molecule has 5 rings (SSSR count). The van der Waals surface area contributed by atoms with Crippen LogP contribution in [0.3, 0.4) is 0 Å². The first-order chi connectivity index (χ1) is 17.0. The molecule has 2 atom stereocenters. The number of carbonyl (C=O) groups is 1. The molecular formula is C29H31F2N3O. The minimum Gasteiger partial charge on any atom is -0.371 e. The molecule has 35 heavy (non-hydrogen) atoms. The smallest absolute Gasteiger partial charge is 0.319 e. The normalized spacial score (nSPS) is 18.7. The Balaban J connectivity index is 1.58. The summed E-state index contributed by atoms with van der Waals surface area (Å²) in [4.78, 5) is 15.0. The molecule has 3 aromatic carbocycles. The van der Waals surface area contributed by atoms with Crippen molar-refractivity contribution < 1.29 is 13.6 Å². The molecule has 2 amide bonds. The zero-order valence-electron chi connectivity index (χ0n) is 20.0. The Bertz CT molecular complexity index is 1120. The minimum absolute atomic E-state index is 0.109. The van der Waals surface area contributed by atoms with Crippen molar-refractivity contribution in [3.05, 3.63) is 94.6 Å². The van der Waals surface area contributed by atoms with Crippen LogP contribution in [0.2, 0.25) is 0 Å². The number of nitrogens with one attached hydrogen (secondary N) is 2. The highest BCUT2D eigenvalue weighted by Gasteiger charge is 2.35. The number of rotatable bonds is 6. The molecule has 0 radical (unpaired) electrons. The Morgan fingerprint density at radius 1 is 0.886 bits per heavy atom. The highest BCUT2D eigenvalue weighted by atomic mass is 19.1. The Kier molecular flexibility index (Phi) is 6.71. The molecule has 0 fully saturated rings. The fourth-order valence-corrected chi connectivity index (χ4v) is 5.50. The number of carbonyl (C=O) groups excluding carboxylic acids is 1. The van der Waals surface area contributed by atoms with Gasteiger partial charge < -0.3 is 15.5 Å². The molecule has 0 aromatic heterocycles. The first kappa shape index (κ1) is 23.3. The molecule has 2 aliphatic heterocycles. The topological polar surface area (TPSA) is 44.4 Å². The molecule has 182 valence electrons. The van der Waals surface area contributed by atoms with Crippen molar-refractivity contribution in [1.82, 2.24) is 5.32 Å². The summed E-state index contributed by atoms with van der Waals surface area (Å²) in [7, 11) is 0. The number of urea groups is 1. The van der Waals surface area contributed by atoms with Gasteiger partial charge in [-0.25, -0.2) is 13.6 Å². The number of amides is 2. The van der Waals surface area contributed by atoms with Crippen LogP contribution in [0.1, 0.15) is 66.7 Å². The average Bonchev–Trinajstić information content (AvgIpc) is 2.86. The van der Waals surface area contributed by atoms with Crippen LogP contribution in [-0.4, -0.2) is 25.7 Å². The molecule has 4 nitrogen and oxygen atoms in total. The van der Waals surface area contributed by atoms with Crippen LogP contribution in [0.5, 0.6) is 0 Å². The number of nitrogens with zero attached hydrogens (tertiary/aromatic N) is 1. The van der Waals surface area contributed by atoms with Crippen LogP contribution in [-0.2, 0) is 0 Å². The molecule has 0 saturated heterocycles. The van der Waals surface area contributed by atoms with Crippen LogP contribution < -0.4 is 15.5 Å². The van der Waals surface area contributed by atoms with Gasteiger partial charge in [0, 0.05) is 42.8 Å². The molecule has 2 N–H and O–H groups in total. The van der Waals surface area contributed by atoms with Crippen molar-refractivity contribution in [3.63, 3.8) is 0 Å². The fourth-order valence-electron chi connectivity index (χ4n) is 5.50. The standard InChI is InChI=1S/C29H31F2N3O/c1-2-3-14-32-29(35)33-23-17-26-24(19-4-8-21(30)9-5-19)12-15-34-16-13-25(27(18-23)28(26)34)20-6-10-22(31)11-7-20/h4-11,17-18,24-25H,2-3,12-16H2,1H3,(H2,32,33,35)/t24-,25-/m0/s1. The lowest BCUT2D eigenvalue weighted by atomic mass is 9.76. The summed E-state index contributed by atoms with van der Waals surface area (Å²) in [6, 6.07) is 17.4. The summed E-state index contributed by atoms with van der Waals surface area (Å²) in [6.45, 7) is 4.56. The van der Waals surface area contributed by atoms with Crippen molar-refractivity contribution in [2.75, 3.05) is 29.9 Å². The van der Waals surface area contributed by atoms with E-state index in [0.717, 1.165) is 66.7 Å². The van der Waals surface area contributed by atoms with Crippen LogP contribution in [0.15, 0.2) is 60.7 Å². The molecular weight excluding hydrogens is 444 g/mol. The quantitative estimate of drug-likeness (QED) is 0.387. The van der Waals surface area contributed by atoms with E-state index >= 15 is 0 Å². The van der Waals surface area contributed by atoms with Gasteiger partial charge in [0.25, 0.3) is 0 Å². The second-order valence-corrected chi connectivity index (χ2v) is 9.51. The third-order valence-corrected chi connectivity index (χ3v) is 7.23. The average molecular weight is 476 g/mol. The number of halogens is 2. The molecule has 0 spiro atoms. The molecule has 0 bridgehead atoms. The predicted octanol–water partition coefficient (Wildman–Crippen LogP) is 6.76. The molecule has 0 unspecified atom stereocenters. The van der Waals surface area contributed by atoms with Crippen molar-refractivity contribution >= 4 is 17.4 Å². The zero-order valence-corrected chi connectivity index (χ0v) is 20.0. The Morgan fingerprint density at radius 3 is 1.89 bits per heavy atom. The maximum absolute atomic E-state index is 13.7. The summed E-state index contributed by atoms with van der Waals surface area (Å²) in [6.07, 6.45) is 3.78. The minimum atomic E-state index is -0.247. The summed E-state index contributed by atoms with van der Waals surface area (Å²) in [5.74, 6) is -0.276. The fraction of sp³-hybridized carbons (Fsp3) is 0.345. The van der Waals surface area contributed by atoms with Gasteiger partial charge in [-0.05, 0) is 77.9 Å². The second kappa shape index (κ2) is 10.1. The molecule has 6 heteroatoms. The molecule has 0 aliphatic carbocycles. The van der Waals surface area contributed by atoms with E-state index < -0.39 is 0 Å². The van der Waals surface area contributed by atoms with Gasteiger partial charge in [0.1, 0.15) is 11.6 Å². The SMILES string of the molecule is CCCCNC(=O)Nc1cc2c3c(c1)[C@H](c1ccc(F)cc1)CCN3CC[C@H]2c1ccc(F)cc1. The Morgan fingerprint density at radius 2 is 1.40 bits per heavy atom. The maximum Gasteiger partial charge on any atom is 0.319 e. The maximum atomic E-state index is 13.7. The number of hydrogen-bond donors (Lipinski definition) is 2. The van der Waals surface area contributed by atoms with Crippen molar-refractivity contribution in [2.45, 2.75) is 44.4 Å². The largest absolute Gasteiger partial charge is 0.371 e. The van der Waals surface area contributed by atoms with E-state index in [1.54, 1.807) is 0 Å². The van der Waals surface area contributed by atoms with Gasteiger partial charge in [-0.3, -0.25) is 0 Å². The lowest BCUT2D eigenvalue weighted by Crippen LogP contribution is -2.38. The van der Waals surface area contributed by atoms with Gasteiger partial charge in [0.2, 0.25) is 0 Å². The van der Waals surface area contributed by atoms with Crippen molar-refractivity contribution in [2.24, 2.45) is 0 Å². The van der Waals surface area contributed by atoms with Crippen molar-refractivity contribution in [3.8, 4) is 0 Å². The highest BCUT2D eigenvalue weighted by Crippen LogP contribution is 2.49. The van der Waals surface area contributed by atoms with Gasteiger partial charge in [-0.1, -0.05) is 37.6 Å². The van der Waals surface area contributed by atoms with Crippen LogP contribution in [0, 0.1) is 11.6 Å². The molecule has 3 aromatic rings. The third kappa shape index (κ3) is 4.88. The van der Waals surface area contributed by atoms with E-state index in [-0.39, 0.29) is 29.5 Å². The van der Waals surface area contributed by atoms with Gasteiger partial charge >= 0.3 is 6.03 Å². The van der Waals surface area contributed by atoms with Crippen LogP contribution >= 0.6 is 0 Å². The number of hydrogen-bond acceptors (Lipinski definition) is 2. The first-order valence-electron chi connectivity index (χ1n) is 12.5. The van der Waals surface area contributed by atoms with E-state index in [1.807, 2.05) is 24.3 Å². The Hall–Kier alpha value is -3.41. The van der Waals surface area contributed by atoms with Crippen LogP contribution in [0.25, 0.3) is 0 Å². The van der Waals surface area contributed by atoms with E-state index in [4.69, 9.17) is 0 Å². The van der Waals surface area contributed by atoms with Crippen molar-refractivity contribution in [1.29, 1.82) is 0 Å². The monoisotopic (exact) mass is 475 g/mol. The van der Waals surface area contributed by atoms with E-state index in [2.05, 4.69) is 34.6 Å². The summed E-state index contributed by atoms with van der Waals surface area (Å²) in [5, 5.41) is 5.97. The summed E-state index contributed by atoms with van der Waals surface area (Å²) in [5.41, 5.74) is 6.38. The van der Waals surface area contributed by atoms with E-state index in [0.29, 0.717) is 6.54 Å². The van der Waals surface area contributed by atoms with E-state index in [9.17, 15) is 13.6 Å². The molecule has 2 heterocycles. The van der Waals surface area contributed by atoms with Gasteiger partial charge in [-0.2, -0.15) is 0 Å². The highest BCUT2D eigenvalue weighted by molar-refractivity contribution is 5.90. The second-order valence-electron chi connectivity index (χ2n) is 9.51. The number of anilines is 2. The molecule has 0 saturated carbocycles. The lowest BCUT2D eigenvalue weighted by Gasteiger charge is -2.43. The third-order valence-electron chi connectivity index (χ3n) is 7.23.